The van der Waals surface area contributed by atoms with Crippen LogP contribution in [0.15, 0.2) is 12.1 Å². The highest BCUT2D eigenvalue weighted by molar-refractivity contribution is 8.00. The van der Waals surface area contributed by atoms with Gasteiger partial charge in [0.2, 0.25) is 0 Å². The third kappa shape index (κ3) is 3.69. The molecule has 6 heteroatoms. The Bertz CT molecular complexity index is 583. The number of anilines is 1. The number of hydrogen-bond donors (Lipinski definition) is 3. The Kier molecular flexibility index (Phi) is 4.46. The molecule has 1 saturated carbocycles. The zero-order valence-corrected chi connectivity index (χ0v) is 13.3. The number of carbonyl (C=O) groups excluding carboxylic acids is 1. The number of hydrogen-bond acceptors (Lipinski definition) is 3. The molecule has 3 N–H and O–H groups in total. The average molecular weight is 308 g/mol. The Morgan fingerprint density at radius 1 is 1.33 bits per heavy atom. The van der Waals surface area contributed by atoms with Crippen molar-refractivity contribution in [3.05, 3.63) is 28.8 Å². The second-order valence-electron chi connectivity index (χ2n) is 5.47. The number of carbonyl (C=O) groups is 2. The van der Waals surface area contributed by atoms with Gasteiger partial charge in [-0.1, -0.05) is 0 Å². The highest BCUT2D eigenvalue weighted by atomic mass is 32.2. The Morgan fingerprint density at radius 3 is 2.52 bits per heavy atom. The van der Waals surface area contributed by atoms with Crippen LogP contribution in [0, 0.1) is 13.8 Å². The summed E-state index contributed by atoms with van der Waals surface area (Å²) in [6.45, 7) is 4.23. The normalized spacial score (nSPS) is 15.4. The lowest BCUT2D eigenvalue weighted by Gasteiger charge is -2.15. The zero-order chi connectivity index (χ0) is 15.6. The topological polar surface area (TPSA) is 78.4 Å². The molecule has 0 saturated heterocycles. The predicted octanol–water partition coefficient (Wildman–Crippen LogP) is 3.02. The monoisotopic (exact) mass is 308 g/mol. The fourth-order valence-electron chi connectivity index (χ4n) is 2.16. The maximum atomic E-state index is 11.9. The minimum Gasteiger partial charge on any atom is -0.478 e. The van der Waals surface area contributed by atoms with Crippen LogP contribution < -0.4 is 10.6 Å². The minimum absolute atomic E-state index is 0.201. The largest absolute Gasteiger partial charge is 0.478 e. The molecule has 2 amide bonds. The second-order valence-corrected chi connectivity index (χ2v) is 6.74. The number of amides is 2. The van der Waals surface area contributed by atoms with E-state index in [0.29, 0.717) is 17.8 Å². The third-order valence-electron chi connectivity index (χ3n) is 3.97. The van der Waals surface area contributed by atoms with E-state index in [-0.39, 0.29) is 16.3 Å². The summed E-state index contributed by atoms with van der Waals surface area (Å²) in [6, 6.07) is 2.98. The minimum atomic E-state index is -0.987. The van der Waals surface area contributed by atoms with Crippen molar-refractivity contribution in [2.24, 2.45) is 0 Å². The molecular weight excluding hydrogens is 288 g/mol. The Hall–Kier alpha value is -1.69. The van der Waals surface area contributed by atoms with Crippen molar-refractivity contribution in [2.45, 2.75) is 31.4 Å². The molecule has 0 aromatic heterocycles. The SMILES string of the molecule is CSC1(CNC(=O)Nc2cc(C)c(C)c(C(=O)O)c2)CC1. The van der Waals surface area contributed by atoms with Crippen LogP contribution in [0.2, 0.25) is 0 Å². The quantitative estimate of drug-likeness (QED) is 0.781. The molecule has 2 rings (SSSR count). The molecule has 1 aromatic carbocycles. The van der Waals surface area contributed by atoms with Gasteiger partial charge in [-0.2, -0.15) is 11.8 Å². The van der Waals surface area contributed by atoms with Crippen molar-refractivity contribution in [3.8, 4) is 0 Å². The van der Waals surface area contributed by atoms with Gasteiger partial charge in [-0.25, -0.2) is 9.59 Å². The smallest absolute Gasteiger partial charge is 0.336 e. The maximum absolute atomic E-state index is 11.9. The third-order valence-corrected chi connectivity index (χ3v) is 5.39. The van der Waals surface area contributed by atoms with Crippen LogP contribution >= 0.6 is 11.8 Å². The molecule has 1 fully saturated rings. The molecule has 5 nitrogen and oxygen atoms in total. The Morgan fingerprint density at radius 2 is 2.00 bits per heavy atom. The van der Waals surface area contributed by atoms with Crippen LogP contribution in [0.4, 0.5) is 10.5 Å². The first-order valence-electron chi connectivity index (χ1n) is 6.81. The number of benzene rings is 1. The fourth-order valence-corrected chi connectivity index (χ4v) is 2.89. The number of aromatic carboxylic acids is 1. The van der Waals surface area contributed by atoms with E-state index in [1.165, 1.54) is 6.07 Å². The predicted molar refractivity (Wildman–Crippen MR) is 85.4 cm³/mol. The molecule has 0 atom stereocenters. The molecule has 21 heavy (non-hydrogen) atoms. The number of nitrogens with one attached hydrogen (secondary N) is 2. The molecule has 1 aliphatic rings. The van der Waals surface area contributed by atoms with Gasteiger partial charge in [0.25, 0.3) is 0 Å². The van der Waals surface area contributed by atoms with E-state index in [9.17, 15) is 9.59 Å². The van der Waals surface area contributed by atoms with Crippen molar-refractivity contribution in [1.29, 1.82) is 0 Å². The zero-order valence-electron chi connectivity index (χ0n) is 12.4. The first-order chi connectivity index (χ1) is 9.87. The van der Waals surface area contributed by atoms with Gasteiger partial charge >= 0.3 is 12.0 Å². The molecule has 0 bridgehead atoms. The van der Waals surface area contributed by atoms with Gasteiger partial charge in [-0.05, 0) is 56.2 Å². The van der Waals surface area contributed by atoms with Gasteiger partial charge in [0.05, 0.1) is 5.56 Å². The van der Waals surface area contributed by atoms with Gasteiger partial charge in [0, 0.05) is 17.0 Å². The molecule has 114 valence electrons. The van der Waals surface area contributed by atoms with E-state index >= 15 is 0 Å². The first kappa shape index (κ1) is 15.7. The van der Waals surface area contributed by atoms with Crippen LogP contribution in [-0.2, 0) is 0 Å². The Balaban J connectivity index is 2.02. The maximum Gasteiger partial charge on any atom is 0.336 e. The van der Waals surface area contributed by atoms with Crippen LogP contribution in [0.3, 0.4) is 0 Å². The second kappa shape index (κ2) is 5.97. The van der Waals surface area contributed by atoms with E-state index in [4.69, 9.17) is 5.11 Å². The Labute approximate surface area is 128 Å². The molecular formula is C15H20N2O3S. The number of thioether (sulfide) groups is 1. The van der Waals surface area contributed by atoms with Crippen molar-refractivity contribution in [1.82, 2.24) is 5.32 Å². The van der Waals surface area contributed by atoms with Gasteiger partial charge in [0.15, 0.2) is 0 Å². The summed E-state index contributed by atoms with van der Waals surface area (Å²) in [4.78, 5) is 23.1. The molecule has 0 unspecified atom stereocenters. The highest BCUT2D eigenvalue weighted by Crippen LogP contribution is 2.46. The fraction of sp³-hybridized carbons (Fsp3) is 0.467. The molecule has 1 aromatic rings. The summed E-state index contributed by atoms with van der Waals surface area (Å²) in [5, 5.41) is 14.7. The van der Waals surface area contributed by atoms with Gasteiger partial charge in [-0.15, -0.1) is 0 Å². The van der Waals surface area contributed by atoms with Crippen molar-refractivity contribution in [2.75, 3.05) is 18.1 Å². The van der Waals surface area contributed by atoms with E-state index in [2.05, 4.69) is 16.9 Å². The van der Waals surface area contributed by atoms with Gasteiger partial charge in [0.1, 0.15) is 0 Å². The van der Waals surface area contributed by atoms with E-state index < -0.39 is 5.97 Å². The van der Waals surface area contributed by atoms with Crippen LogP contribution in [0.1, 0.15) is 34.3 Å². The summed E-state index contributed by atoms with van der Waals surface area (Å²) >= 11 is 1.78. The number of carboxylic acid groups (broad SMARTS) is 1. The van der Waals surface area contributed by atoms with Crippen LogP contribution in [0.25, 0.3) is 0 Å². The molecule has 0 heterocycles. The van der Waals surface area contributed by atoms with E-state index in [1.807, 2.05) is 6.92 Å². The lowest BCUT2D eigenvalue weighted by Crippen LogP contribution is -2.35. The number of carboxylic acids is 1. The molecule has 0 spiro atoms. The summed E-state index contributed by atoms with van der Waals surface area (Å²) < 4.78 is 0.201. The average Bonchev–Trinajstić information content (AvgIpc) is 3.21. The van der Waals surface area contributed by atoms with E-state index in [0.717, 1.165) is 18.4 Å². The van der Waals surface area contributed by atoms with Crippen molar-refractivity contribution < 1.29 is 14.7 Å². The summed E-state index contributed by atoms with van der Waals surface area (Å²) in [7, 11) is 0. The van der Waals surface area contributed by atoms with E-state index in [1.54, 1.807) is 24.8 Å². The number of urea groups is 1. The molecule has 0 aliphatic heterocycles. The van der Waals surface area contributed by atoms with Gasteiger partial charge < -0.3 is 15.7 Å². The first-order valence-corrected chi connectivity index (χ1v) is 8.04. The van der Waals surface area contributed by atoms with Crippen molar-refractivity contribution >= 4 is 29.4 Å². The standard InChI is InChI=1S/C15H20N2O3S/c1-9-6-11(7-12(10(9)2)13(18)19)17-14(20)16-8-15(21-3)4-5-15/h6-7H,4-5,8H2,1-3H3,(H,18,19)(H2,16,17,20). The summed E-state index contributed by atoms with van der Waals surface area (Å²) in [6.07, 6.45) is 4.30. The highest BCUT2D eigenvalue weighted by Gasteiger charge is 2.41. The molecule has 0 radical (unpaired) electrons. The van der Waals surface area contributed by atoms with Crippen LogP contribution in [-0.4, -0.2) is 34.7 Å². The lowest BCUT2D eigenvalue weighted by molar-refractivity contribution is 0.0696. The summed E-state index contributed by atoms with van der Waals surface area (Å²) in [5.74, 6) is -0.987. The molecule has 1 aliphatic carbocycles. The van der Waals surface area contributed by atoms with Crippen LogP contribution in [0.5, 0.6) is 0 Å². The number of rotatable bonds is 5. The van der Waals surface area contributed by atoms with Gasteiger partial charge in [-0.3, -0.25) is 0 Å². The summed E-state index contributed by atoms with van der Waals surface area (Å²) in [5.41, 5.74) is 2.27. The number of aryl methyl sites for hydroxylation is 1. The lowest BCUT2D eigenvalue weighted by atomic mass is 10.0. The van der Waals surface area contributed by atoms with Crippen molar-refractivity contribution in [3.63, 3.8) is 0 Å².